The van der Waals surface area contributed by atoms with Crippen molar-refractivity contribution >= 4 is 12.0 Å². The van der Waals surface area contributed by atoms with Gasteiger partial charge in [-0.1, -0.05) is 6.07 Å². The Hall–Kier alpha value is -1.78. The van der Waals surface area contributed by atoms with E-state index >= 15 is 0 Å². The molecular weight excluding hydrogens is 233 g/mol. The first kappa shape index (κ1) is 13.3. The molecule has 0 radical (unpaired) electrons. The number of benzene rings is 1. The van der Waals surface area contributed by atoms with Crippen molar-refractivity contribution in [2.24, 2.45) is 0 Å². The molecule has 17 heavy (non-hydrogen) atoms. The molecule has 0 saturated heterocycles. The Labute approximate surface area is 96.7 Å². The molecule has 0 unspecified atom stereocenters. The van der Waals surface area contributed by atoms with Crippen molar-refractivity contribution in [2.75, 3.05) is 7.11 Å². The van der Waals surface area contributed by atoms with Gasteiger partial charge in [-0.2, -0.15) is 13.2 Å². The molecule has 0 amide bonds. The van der Waals surface area contributed by atoms with Gasteiger partial charge in [-0.3, -0.25) is 0 Å². The number of carbonyl (C=O) groups is 1. The third-order valence-electron chi connectivity index (χ3n) is 2.04. The van der Waals surface area contributed by atoms with Crippen LogP contribution in [-0.2, 0) is 15.7 Å². The second kappa shape index (κ2) is 5.03. The number of methoxy groups -OCH3 is 1. The van der Waals surface area contributed by atoms with E-state index in [1.54, 1.807) is 13.0 Å². The Kier molecular flexibility index (Phi) is 3.93. The van der Waals surface area contributed by atoms with E-state index in [-0.39, 0.29) is 0 Å². The van der Waals surface area contributed by atoms with Crippen LogP contribution in [0.1, 0.15) is 16.7 Å². The number of carbonyl (C=O) groups excluding carboxylic acids is 1. The lowest BCUT2D eigenvalue weighted by atomic mass is 10.1. The highest BCUT2D eigenvalue weighted by molar-refractivity contribution is 5.86. The van der Waals surface area contributed by atoms with Gasteiger partial charge in [-0.05, 0) is 36.3 Å². The number of aryl methyl sites for hydroxylation is 1. The molecule has 0 spiro atoms. The highest BCUT2D eigenvalue weighted by Gasteiger charge is 2.30. The van der Waals surface area contributed by atoms with E-state index in [0.717, 1.165) is 18.2 Å². The molecule has 2 nitrogen and oxygen atoms in total. The first-order chi connectivity index (χ1) is 7.82. The highest BCUT2D eigenvalue weighted by Crippen LogP contribution is 2.30. The maximum Gasteiger partial charge on any atom is 0.416 e. The number of esters is 1. The van der Waals surface area contributed by atoms with Crippen molar-refractivity contribution in [1.29, 1.82) is 0 Å². The fourth-order valence-corrected chi connectivity index (χ4v) is 1.30. The number of alkyl halides is 3. The van der Waals surface area contributed by atoms with Gasteiger partial charge in [0.25, 0.3) is 0 Å². The maximum absolute atomic E-state index is 12.5. The van der Waals surface area contributed by atoms with Crippen LogP contribution in [0.25, 0.3) is 6.08 Å². The first-order valence-corrected chi connectivity index (χ1v) is 4.78. The lowest BCUT2D eigenvalue weighted by molar-refractivity contribution is -0.137. The van der Waals surface area contributed by atoms with Crippen LogP contribution in [-0.4, -0.2) is 13.1 Å². The van der Waals surface area contributed by atoms with Crippen molar-refractivity contribution in [1.82, 2.24) is 0 Å². The molecule has 0 aliphatic heterocycles. The van der Waals surface area contributed by atoms with Crippen LogP contribution < -0.4 is 0 Å². The van der Waals surface area contributed by atoms with Crippen LogP contribution in [0.5, 0.6) is 0 Å². The van der Waals surface area contributed by atoms with Crippen molar-refractivity contribution < 1.29 is 22.7 Å². The highest BCUT2D eigenvalue weighted by atomic mass is 19.4. The molecule has 1 aromatic rings. The minimum atomic E-state index is -4.39. The van der Waals surface area contributed by atoms with Gasteiger partial charge in [0.2, 0.25) is 0 Å². The SMILES string of the molecule is COC(=O)C=Cc1cc(C)cc(C(F)(F)F)c1. The standard InChI is InChI=1S/C12H11F3O2/c1-8-5-9(3-4-11(16)17-2)7-10(6-8)12(13,14)15/h3-7H,1-2H3. The average Bonchev–Trinajstić information content (AvgIpc) is 2.24. The molecule has 0 aromatic heterocycles. The summed E-state index contributed by atoms with van der Waals surface area (Å²) in [6.45, 7) is 1.56. The fourth-order valence-electron chi connectivity index (χ4n) is 1.30. The van der Waals surface area contributed by atoms with Gasteiger partial charge in [-0.25, -0.2) is 4.79 Å². The molecule has 0 aliphatic carbocycles. The predicted octanol–water partition coefficient (Wildman–Crippen LogP) is 3.20. The topological polar surface area (TPSA) is 26.3 Å². The van der Waals surface area contributed by atoms with E-state index in [4.69, 9.17) is 0 Å². The van der Waals surface area contributed by atoms with Crippen LogP contribution in [0.4, 0.5) is 13.2 Å². The average molecular weight is 244 g/mol. The summed E-state index contributed by atoms with van der Waals surface area (Å²) in [5.41, 5.74) is 0.0501. The summed E-state index contributed by atoms with van der Waals surface area (Å²) in [5.74, 6) is -0.611. The Morgan fingerprint density at radius 3 is 2.47 bits per heavy atom. The summed E-state index contributed by atoms with van der Waals surface area (Å²) < 4.78 is 41.8. The monoisotopic (exact) mass is 244 g/mol. The number of ether oxygens (including phenoxy) is 1. The molecule has 1 rings (SSSR count). The number of hydrogen-bond acceptors (Lipinski definition) is 2. The minimum Gasteiger partial charge on any atom is -0.466 e. The Morgan fingerprint density at radius 1 is 1.29 bits per heavy atom. The van der Waals surface area contributed by atoms with Crippen LogP contribution in [0.2, 0.25) is 0 Å². The number of halogens is 3. The van der Waals surface area contributed by atoms with Crippen molar-refractivity contribution in [2.45, 2.75) is 13.1 Å². The summed E-state index contributed by atoms with van der Waals surface area (Å²) in [5, 5.41) is 0. The molecule has 0 aliphatic rings. The molecule has 0 saturated carbocycles. The number of rotatable bonds is 2. The summed E-state index contributed by atoms with van der Waals surface area (Å²) >= 11 is 0. The molecule has 1 aromatic carbocycles. The van der Waals surface area contributed by atoms with Gasteiger partial charge in [0.05, 0.1) is 12.7 Å². The number of hydrogen-bond donors (Lipinski definition) is 0. The molecule has 92 valence electrons. The van der Waals surface area contributed by atoms with E-state index in [2.05, 4.69) is 4.74 Å². The van der Waals surface area contributed by atoms with Gasteiger partial charge >= 0.3 is 12.1 Å². The van der Waals surface area contributed by atoms with Crippen LogP contribution in [0.3, 0.4) is 0 Å². The van der Waals surface area contributed by atoms with Crippen LogP contribution >= 0.6 is 0 Å². The lowest BCUT2D eigenvalue weighted by Crippen LogP contribution is -2.05. The summed E-state index contributed by atoms with van der Waals surface area (Å²) in [6, 6.07) is 3.58. The van der Waals surface area contributed by atoms with Gasteiger partial charge in [0.15, 0.2) is 0 Å². The second-order valence-electron chi connectivity index (χ2n) is 3.49. The molecule has 0 heterocycles. The van der Waals surface area contributed by atoms with Crippen molar-refractivity contribution in [3.05, 3.63) is 41.0 Å². The Balaban J connectivity index is 3.06. The van der Waals surface area contributed by atoms with Crippen molar-refractivity contribution in [3.63, 3.8) is 0 Å². The molecule has 0 fully saturated rings. The van der Waals surface area contributed by atoms with Crippen LogP contribution in [0, 0.1) is 6.92 Å². The zero-order chi connectivity index (χ0) is 13.1. The molecule has 0 bridgehead atoms. The van der Waals surface area contributed by atoms with Gasteiger partial charge in [0, 0.05) is 6.08 Å². The smallest absolute Gasteiger partial charge is 0.416 e. The second-order valence-corrected chi connectivity index (χ2v) is 3.49. The summed E-state index contributed by atoms with van der Waals surface area (Å²) in [7, 11) is 1.20. The Bertz CT molecular complexity index is 448. The minimum absolute atomic E-state index is 0.308. The van der Waals surface area contributed by atoms with E-state index in [0.29, 0.717) is 11.1 Å². The van der Waals surface area contributed by atoms with Crippen molar-refractivity contribution in [3.8, 4) is 0 Å². The van der Waals surface area contributed by atoms with E-state index in [1.165, 1.54) is 13.2 Å². The zero-order valence-electron chi connectivity index (χ0n) is 9.34. The lowest BCUT2D eigenvalue weighted by Gasteiger charge is -2.08. The van der Waals surface area contributed by atoms with E-state index in [9.17, 15) is 18.0 Å². The maximum atomic E-state index is 12.5. The zero-order valence-corrected chi connectivity index (χ0v) is 9.34. The first-order valence-electron chi connectivity index (χ1n) is 4.78. The quantitative estimate of drug-likeness (QED) is 0.590. The van der Waals surface area contributed by atoms with Crippen LogP contribution in [0.15, 0.2) is 24.3 Å². The Morgan fingerprint density at radius 2 is 1.94 bits per heavy atom. The molecule has 5 heteroatoms. The third kappa shape index (κ3) is 3.94. The largest absolute Gasteiger partial charge is 0.466 e. The van der Waals surface area contributed by atoms with E-state index < -0.39 is 17.7 Å². The fraction of sp³-hybridized carbons (Fsp3) is 0.250. The third-order valence-corrected chi connectivity index (χ3v) is 2.04. The molecule has 0 atom stereocenters. The molecule has 0 N–H and O–H groups in total. The van der Waals surface area contributed by atoms with Gasteiger partial charge in [-0.15, -0.1) is 0 Å². The predicted molar refractivity (Wildman–Crippen MR) is 57.2 cm³/mol. The van der Waals surface area contributed by atoms with E-state index in [1.807, 2.05) is 0 Å². The molecular formula is C12H11F3O2. The summed E-state index contributed by atoms with van der Waals surface area (Å²) in [6.07, 6.45) is -2.02. The normalized spacial score (nSPS) is 11.8. The van der Waals surface area contributed by atoms with Gasteiger partial charge in [0.1, 0.15) is 0 Å². The summed E-state index contributed by atoms with van der Waals surface area (Å²) in [4.78, 5) is 10.8. The van der Waals surface area contributed by atoms with Gasteiger partial charge < -0.3 is 4.74 Å².